The molecule has 28 heavy (non-hydrogen) atoms. The van der Waals surface area contributed by atoms with Crippen molar-refractivity contribution in [3.63, 3.8) is 0 Å². The van der Waals surface area contributed by atoms with Crippen LogP contribution in [0.25, 0.3) is 0 Å². The molecule has 1 aromatic rings. The van der Waals surface area contributed by atoms with E-state index in [4.69, 9.17) is 4.74 Å². The number of carbonyl (C=O) groups excluding carboxylic acids is 3. The third kappa shape index (κ3) is 3.90. The number of hydrogen-bond acceptors (Lipinski definition) is 4. The minimum atomic E-state index is -0.0395. The molecule has 3 aliphatic rings. The molecule has 4 rings (SSSR count). The van der Waals surface area contributed by atoms with Gasteiger partial charge >= 0.3 is 0 Å². The third-order valence-electron chi connectivity index (χ3n) is 6.00. The number of anilines is 1. The monoisotopic (exact) mass is 385 g/mol. The summed E-state index contributed by atoms with van der Waals surface area (Å²) < 4.78 is 5.31. The van der Waals surface area contributed by atoms with Crippen molar-refractivity contribution in [1.82, 2.24) is 9.80 Å². The normalized spacial score (nSPS) is 20.9. The van der Waals surface area contributed by atoms with Gasteiger partial charge in [-0.1, -0.05) is 18.2 Å². The van der Waals surface area contributed by atoms with Crippen LogP contribution in [-0.2, 0) is 25.5 Å². The molecule has 3 amide bonds. The van der Waals surface area contributed by atoms with E-state index < -0.39 is 0 Å². The maximum absolute atomic E-state index is 12.8. The molecule has 0 aromatic heterocycles. The van der Waals surface area contributed by atoms with E-state index in [2.05, 4.69) is 0 Å². The second kappa shape index (κ2) is 8.31. The first-order valence-electron chi connectivity index (χ1n) is 10.2. The van der Waals surface area contributed by atoms with Gasteiger partial charge in [-0.2, -0.15) is 0 Å². The van der Waals surface area contributed by atoms with Gasteiger partial charge in [0, 0.05) is 44.2 Å². The van der Waals surface area contributed by atoms with E-state index in [0.29, 0.717) is 58.7 Å². The Bertz CT molecular complexity index is 752. The zero-order valence-corrected chi connectivity index (χ0v) is 16.1. The zero-order valence-electron chi connectivity index (χ0n) is 16.1. The number of likely N-dealkylation sites (tertiary alicyclic amines) is 1. The van der Waals surface area contributed by atoms with Crippen LogP contribution >= 0.6 is 0 Å². The fraction of sp³-hybridized carbons (Fsp3) is 0.571. The molecule has 0 unspecified atom stereocenters. The number of nitrogens with zero attached hydrogens (tertiary/aromatic N) is 3. The van der Waals surface area contributed by atoms with E-state index in [9.17, 15) is 14.4 Å². The fourth-order valence-electron chi connectivity index (χ4n) is 4.32. The standard InChI is InChI=1S/C21H27N3O4/c25-19-6-5-16-3-1-2-4-18(16)24(19)15-20(26)22-9-7-17(8-10-22)21(27)23-11-13-28-14-12-23/h1-4,17H,5-15H2. The first-order valence-corrected chi connectivity index (χ1v) is 10.2. The summed E-state index contributed by atoms with van der Waals surface area (Å²) in [6, 6.07) is 7.79. The number of morpholine rings is 1. The van der Waals surface area contributed by atoms with E-state index in [1.54, 1.807) is 9.80 Å². The van der Waals surface area contributed by atoms with Crippen molar-refractivity contribution in [2.45, 2.75) is 25.7 Å². The van der Waals surface area contributed by atoms with E-state index in [1.807, 2.05) is 29.2 Å². The molecule has 0 aliphatic carbocycles. The summed E-state index contributed by atoms with van der Waals surface area (Å²) >= 11 is 0. The van der Waals surface area contributed by atoms with Crippen LogP contribution < -0.4 is 4.90 Å². The van der Waals surface area contributed by atoms with Gasteiger partial charge < -0.3 is 19.4 Å². The van der Waals surface area contributed by atoms with Crippen LogP contribution in [0.15, 0.2) is 24.3 Å². The number of rotatable bonds is 3. The molecule has 0 saturated carbocycles. The van der Waals surface area contributed by atoms with Crippen LogP contribution in [0.5, 0.6) is 0 Å². The number of benzene rings is 1. The van der Waals surface area contributed by atoms with Crippen LogP contribution in [0.3, 0.4) is 0 Å². The molecule has 0 radical (unpaired) electrons. The fourth-order valence-corrected chi connectivity index (χ4v) is 4.32. The van der Waals surface area contributed by atoms with E-state index in [-0.39, 0.29) is 30.2 Å². The highest BCUT2D eigenvalue weighted by Crippen LogP contribution is 2.28. The van der Waals surface area contributed by atoms with Crippen molar-refractivity contribution in [3.8, 4) is 0 Å². The van der Waals surface area contributed by atoms with Gasteiger partial charge in [0.2, 0.25) is 17.7 Å². The summed E-state index contributed by atoms with van der Waals surface area (Å²) in [6.45, 7) is 3.76. The summed E-state index contributed by atoms with van der Waals surface area (Å²) in [6.07, 6.45) is 2.55. The van der Waals surface area contributed by atoms with Gasteiger partial charge in [0.1, 0.15) is 6.54 Å². The molecule has 2 fully saturated rings. The molecule has 7 nitrogen and oxygen atoms in total. The number of fused-ring (bicyclic) bond motifs is 1. The summed E-state index contributed by atoms with van der Waals surface area (Å²) in [4.78, 5) is 43.1. The maximum Gasteiger partial charge on any atom is 0.242 e. The van der Waals surface area contributed by atoms with Gasteiger partial charge in [-0.25, -0.2) is 0 Å². The Balaban J connectivity index is 1.33. The SMILES string of the molecule is O=C(CN1C(=O)CCc2ccccc21)N1CCC(C(=O)N2CCOCC2)CC1. The molecule has 0 bridgehead atoms. The number of hydrogen-bond donors (Lipinski definition) is 0. The maximum atomic E-state index is 12.8. The van der Waals surface area contributed by atoms with Crippen molar-refractivity contribution < 1.29 is 19.1 Å². The average Bonchev–Trinajstić information content (AvgIpc) is 2.76. The number of ether oxygens (including phenoxy) is 1. The molecule has 150 valence electrons. The summed E-state index contributed by atoms with van der Waals surface area (Å²) in [7, 11) is 0. The highest BCUT2D eigenvalue weighted by atomic mass is 16.5. The summed E-state index contributed by atoms with van der Waals surface area (Å²) in [5.41, 5.74) is 1.97. The molecule has 0 N–H and O–H groups in total. The Morgan fingerprint density at radius 2 is 1.68 bits per heavy atom. The van der Waals surface area contributed by atoms with Gasteiger partial charge in [-0.15, -0.1) is 0 Å². The van der Waals surface area contributed by atoms with Gasteiger partial charge in [-0.05, 0) is 30.9 Å². The quantitative estimate of drug-likeness (QED) is 0.780. The van der Waals surface area contributed by atoms with Crippen LogP contribution in [0.4, 0.5) is 5.69 Å². The van der Waals surface area contributed by atoms with Gasteiger partial charge in [0.15, 0.2) is 0 Å². The minimum Gasteiger partial charge on any atom is -0.378 e. The molecule has 3 aliphatic heterocycles. The third-order valence-corrected chi connectivity index (χ3v) is 6.00. The second-order valence-electron chi connectivity index (χ2n) is 7.70. The number of amides is 3. The van der Waals surface area contributed by atoms with Crippen molar-refractivity contribution in [1.29, 1.82) is 0 Å². The van der Waals surface area contributed by atoms with Gasteiger partial charge in [-0.3, -0.25) is 14.4 Å². The average molecular weight is 385 g/mol. The molecule has 2 saturated heterocycles. The highest BCUT2D eigenvalue weighted by Gasteiger charge is 2.32. The first kappa shape index (κ1) is 18.9. The lowest BCUT2D eigenvalue weighted by molar-refractivity contribution is -0.143. The molecule has 0 atom stereocenters. The lowest BCUT2D eigenvalue weighted by Gasteiger charge is -2.36. The molecule has 1 aromatic carbocycles. The predicted molar refractivity (Wildman–Crippen MR) is 104 cm³/mol. The van der Waals surface area contributed by atoms with Gasteiger partial charge in [0.05, 0.1) is 13.2 Å². The molecular weight excluding hydrogens is 358 g/mol. The van der Waals surface area contributed by atoms with Crippen molar-refractivity contribution in [2.75, 3.05) is 50.8 Å². The Kier molecular flexibility index (Phi) is 5.62. The lowest BCUT2D eigenvalue weighted by atomic mass is 9.95. The van der Waals surface area contributed by atoms with Crippen molar-refractivity contribution >= 4 is 23.4 Å². The number of aryl methyl sites for hydroxylation is 1. The predicted octanol–water partition coefficient (Wildman–Crippen LogP) is 1.06. The minimum absolute atomic E-state index is 0.00410. The lowest BCUT2D eigenvalue weighted by Crippen LogP contribution is -2.50. The smallest absolute Gasteiger partial charge is 0.242 e. The number of para-hydroxylation sites is 1. The Morgan fingerprint density at radius 3 is 2.43 bits per heavy atom. The first-order chi connectivity index (χ1) is 13.6. The number of carbonyl (C=O) groups is 3. The molecule has 7 heteroatoms. The summed E-state index contributed by atoms with van der Waals surface area (Å²) in [5.74, 6) is 0.141. The van der Waals surface area contributed by atoms with E-state index in [0.717, 1.165) is 17.7 Å². The molecule has 0 spiro atoms. The highest BCUT2D eigenvalue weighted by molar-refractivity contribution is 6.01. The second-order valence-corrected chi connectivity index (χ2v) is 7.70. The topological polar surface area (TPSA) is 70.2 Å². The van der Waals surface area contributed by atoms with Crippen LogP contribution in [0.1, 0.15) is 24.8 Å². The van der Waals surface area contributed by atoms with Crippen molar-refractivity contribution in [3.05, 3.63) is 29.8 Å². The van der Waals surface area contributed by atoms with Crippen LogP contribution in [-0.4, -0.2) is 73.5 Å². The Labute approximate surface area is 165 Å². The van der Waals surface area contributed by atoms with Gasteiger partial charge in [0.25, 0.3) is 0 Å². The zero-order chi connectivity index (χ0) is 19.5. The number of piperidine rings is 1. The van der Waals surface area contributed by atoms with Crippen molar-refractivity contribution in [2.24, 2.45) is 5.92 Å². The molecular formula is C21H27N3O4. The Hall–Kier alpha value is -2.41. The van der Waals surface area contributed by atoms with Crippen LogP contribution in [0, 0.1) is 5.92 Å². The van der Waals surface area contributed by atoms with E-state index >= 15 is 0 Å². The van der Waals surface area contributed by atoms with E-state index in [1.165, 1.54) is 0 Å². The Morgan fingerprint density at radius 1 is 0.964 bits per heavy atom. The van der Waals surface area contributed by atoms with Crippen LogP contribution in [0.2, 0.25) is 0 Å². The summed E-state index contributed by atoms with van der Waals surface area (Å²) in [5, 5.41) is 0. The molecule has 3 heterocycles. The largest absolute Gasteiger partial charge is 0.378 e.